The van der Waals surface area contributed by atoms with Gasteiger partial charge in [-0.3, -0.25) is 4.79 Å². The van der Waals surface area contributed by atoms with Crippen LogP contribution in [-0.2, 0) is 4.79 Å². The number of nitrogens with one attached hydrogen (secondary N) is 1. The second-order valence-electron chi connectivity index (χ2n) is 4.66. The highest BCUT2D eigenvalue weighted by Gasteiger charge is 2.17. The van der Waals surface area contributed by atoms with Crippen LogP contribution >= 0.6 is 0 Å². The summed E-state index contributed by atoms with van der Waals surface area (Å²) in [5, 5.41) is 12.0. The average molecular weight is 201 g/mol. The van der Waals surface area contributed by atoms with E-state index in [4.69, 9.17) is 5.11 Å². The first kappa shape index (κ1) is 13.4. The van der Waals surface area contributed by atoms with Crippen molar-refractivity contribution < 1.29 is 9.90 Å². The molecule has 0 aliphatic carbocycles. The lowest BCUT2D eigenvalue weighted by Gasteiger charge is -2.16. The van der Waals surface area contributed by atoms with Crippen molar-refractivity contribution in [2.45, 2.75) is 46.6 Å². The maximum Gasteiger partial charge on any atom is 0.320 e. The van der Waals surface area contributed by atoms with Gasteiger partial charge in [-0.2, -0.15) is 0 Å². The Bertz CT molecular complexity index is 167. The molecule has 0 aliphatic heterocycles. The van der Waals surface area contributed by atoms with Crippen molar-refractivity contribution in [2.75, 3.05) is 6.54 Å². The number of rotatable bonds is 7. The zero-order valence-corrected chi connectivity index (χ0v) is 9.71. The van der Waals surface area contributed by atoms with E-state index in [1.54, 1.807) is 0 Å². The van der Waals surface area contributed by atoms with Crippen LogP contribution < -0.4 is 5.32 Å². The van der Waals surface area contributed by atoms with Crippen LogP contribution in [0.1, 0.15) is 40.5 Å². The summed E-state index contributed by atoms with van der Waals surface area (Å²) in [6.07, 6.45) is 1.73. The van der Waals surface area contributed by atoms with Gasteiger partial charge in [0, 0.05) is 0 Å². The fourth-order valence-electron chi connectivity index (χ4n) is 1.29. The van der Waals surface area contributed by atoms with Crippen molar-refractivity contribution in [3.05, 3.63) is 0 Å². The summed E-state index contributed by atoms with van der Waals surface area (Å²) in [4.78, 5) is 10.8. The zero-order valence-electron chi connectivity index (χ0n) is 9.71. The predicted molar refractivity (Wildman–Crippen MR) is 58.3 cm³/mol. The van der Waals surface area contributed by atoms with Gasteiger partial charge in [-0.25, -0.2) is 0 Å². The fourth-order valence-corrected chi connectivity index (χ4v) is 1.29. The molecule has 0 fully saturated rings. The molecule has 14 heavy (non-hydrogen) atoms. The van der Waals surface area contributed by atoms with Crippen LogP contribution in [-0.4, -0.2) is 23.7 Å². The van der Waals surface area contributed by atoms with Crippen molar-refractivity contribution in [1.82, 2.24) is 5.32 Å². The number of carboxylic acid groups (broad SMARTS) is 1. The van der Waals surface area contributed by atoms with Crippen LogP contribution in [0.2, 0.25) is 0 Å². The molecular formula is C11H23NO2. The Labute approximate surface area is 86.9 Å². The van der Waals surface area contributed by atoms with E-state index in [9.17, 15) is 4.79 Å². The number of hydrogen-bond donors (Lipinski definition) is 2. The monoisotopic (exact) mass is 201 g/mol. The Morgan fingerprint density at radius 1 is 1.21 bits per heavy atom. The summed E-state index contributed by atoms with van der Waals surface area (Å²) < 4.78 is 0. The maximum absolute atomic E-state index is 10.8. The van der Waals surface area contributed by atoms with E-state index in [1.165, 1.54) is 0 Å². The minimum absolute atomic E-state index is 0.381. The first-order valence-corrected chi connectivity index (χ1v) is 5.39. The summed E-state index contributed by atoms with van der Waals surface area (Å²) in [7, 11) is 0. The highest BCUT2D eigenvalue weighted by atomic mass is 16.4. The van der Waals surface area contributed by atoms with E-state index in [2.05, 4.69) is 19.2 Å². The van der Waals surface area contributed by atoms with Crippen LogP contribution in [0.5, 0.6) is 0 Å². The van der Waals surface area contributed by atoms with Gasteiger partial charge in [0.25, 0.3) is 0 Å². The normalized spacial score (nSPS) is 13.6. The quantitative estimate of drug-likeness (QED) is 0.663. The topological polar surface area (TPSA) is 49.3 Å². The van der Waals surface area contributed by atoms with Crippen LogP contribution in [0, 0.1) is 11.8 Å². The van der Waals surface area contributed by atoms with E-state index >= 15 is 0 Å². The molecule has 0 aromatic carbocycles. The van der Waals surface area contributed by atoms with Crippen LogP contribution in [0.25, 0.3) is 0 Å². The van der Waals surface area contributed by atoms with E-state index in [-0.39, 0.29) is 6.04 Å². The van der Waals surface area contributed by atoms with Crippen molar-refractivity contribution in [2.24, 2.45) is 11.8 Å². The molecule has 0 aliphatic rings. The van der Waals surface area contributed by atoms with Gasteiger partial charge in [-0.1, -0.05) is 27.7 Å². The van der Waals surface area contributed by atoms with Gasteiger partial charge >= 0.3 is 5.97 Å². The molecule has 0 saturated heterocycles. The Hall–Kier alpha value is -0.570. The summed E-state index contributed by atoms with van der Waals surface area (Å²) in [5.41, 5.74) is 0. The van der Waals surface area contributed by atoms with Gasteiger partial charge in [0.1, 0.15) is 6.04 Å². The third kappa shape index (κ3) is 6.89. The zero-order chi connectivity index (χ0) is 11.1. The molecule has 0 unspecified atom stereocenters. The lowest BCUT2D eigenvalue weighted by atomic mass is 10.0. The Balaban J connectivity index is 3.80. The number of aliphatic carboxylic acids is 1. The highest BCUT2D eigenvalue weighted by Crippen LogP contribution is 2.05. The molecule has 0 bridgehead atoms. The van der Waals surface area contributed by atoms with Gasteiger partial charge in [0.15, 0.2) is 0 Å². The summed E-state index contributed by atoms with van der Waals surface area (Å²) in [6, 6.07) is -0.381. The number of carboxylic acids is 1. The second-order valence-corrected chi connectivity index (χ2v) is 4.66. The Morgan fingerprint density at radius 2 is 1.79 bits per heavy atom. The van der Waals surface area contributed by atoms with E-state index < -0.39 is 5.97 Å². The first-order chi connectivity index (χ1) is 6.43. The standard InChI is InChI=1S/C11H23NO2/c1-8(2)5-6-12-10(11(13)14)7-9(3)4/h8-10,12H,5-7H2,1-4H3,(H,13,14)/t10-/m1/s1. The maximum atomic E-state index is 10.8. The summed E-state index contributed by atoms with van der Waals surface area (Å²) in [6.45, 7) is 9.15. The molecule has 84 valence electrons. The van der Waals surface area contributed by atoms with Gasteiger partial charge in [0.05, 0.1) is 0 Å². The van der Waals surface area contributed by atoms with Crippen molar-refractivity contribution in [1.29, 1.82) is 0 Å². The number of carbonyl (C=O) groups is 1. The van der Waals surface area contributed by atoms with Crippen molar-refractivity contribution >= 4 is 5.97 Å². The Morgan fingerprint density at radius 3 is 2.14 bits per heavy atom. The first-order valence-electron chi connectivity index (χ1n) is 5.39. The van der Waals surface area contributed by atoms with Gasteiger partial charge in [-0.15, -0.1) is 0 Å². The molecule has 0 spiro atoms. The van der Waals surface area contributed by atoms with Crippen LogP contribution in [0.15, 0.2) is 0 Å². The third-order valence-corrected chi connectivity index (χ3v) is 2.12. The van der Waals surface area contributed by atoms with Gasteiger partial charge in [0.2, 0.25) is 0 Å². The lowest BCUT2D eigenvalue weighted by Crippen LogP contribution is -2.38. The van der Waals surface area contributed by atoms with Crippen molar-refractivity contribution in [3.8, 4) is 0 Å². The van der Waals surface area contributed by atoms with Gasteiger partial charge < -0.3 is 10.4 Å². The molecule has 0 saturated carbocycles. The molecule has 3 heteroatoms. The molecule has 3 nitrogen and oxygen atoms in total. The largest absolute Gasteiger partial charge is 0.480 e. The second kappa shape index (κ2) is 6.82. The van der Waals surface area contributed by atoms with Crippen molar-refractivity contribution in [3.63, 3.8) is 0 Å². The molecular weight excluding hydrogens is 178 g/mol. The fraction of sp³-hybridized carbons (Fsp3) is 0.909. The molecule has 1 atom stereocenters. The van der Waals surface area contributed by atoms with Crippen LogP contribution in [0.4, 0.5) is 0 Å². The highest BCUT2D eigenvalue weighted by molar-refractivity contribution is 5.73. The minimum Gasteiger partial charge on any atom is -0.480 e. The smallest absolute Gasteiger partial charge is 0.320 e. The summed E-state index contributed by atoms with van der Waals surface area (Å²) in [5.74, 6) is 0.307. The molecule has 0 aromatic rings. The number of hydrogen-bond acceptors (Lipinski definition) is 2. The summed E-state index contributed by atoms with van der Waals surface area (Å²) >= 11 is 0. The molecule has 0 heterocycles. The molecule has 0 radical (unpaired) electrons. The molecule has 0 aromatic heterocycles. The van der Waals surface area contributed by atoms with E-state index in [0.717, 1.165) is 13.0 Å². The third-order valence-electron chi connectivity index (χ3n) is 2.12. The SMILES string of the molecule is CC(C)CCN[C@H](CC(C)C)C(=O)O. The average Bonchev–Trinajstić information content (AvgIpc) is 2.00. The lowest BCUT2D eigenvalue weighted by molar-refractivity contribution is -0.139. The molecule has 2 N–H and O–H groups in total. The van der Waals surface area contributed by atoms with E-state index in [1.807, 2.05) is 13.8 Å². The predicted octanol–water partition coefficient (Wildman–Crippen LogP) is 2.12. The minimum atomic E-state index is -0.734. The van der Waals surface area contributed by atoms with Gasteiger partial charge in [-0.05, 0) is 31.2 Å². The van der Waals surface area contributed by atoms with Crippen LogP contribution in [0.3, 0.4) is 0 Å². The molecule has 0 amide bonds. The Kier molecular flexibility index (Phi) is 6.54. The van der Waals surface area contributed by atoms with E-state index in [0.29, 0.717) is 18.3 Å². The molecule has 0 rings (SSSR count).